The Morgan fingerprint density at radius 1 is 1.07 bits per heavy atom. The van der Waals surface area contributed by atoms with Gasteiger partial charge in [-0.1, -0.05) is 18.6 Å². The topological polar surface area (TPSA) is 62.6 Å². The van der Waals surface area contributed by atoms with Crippen molar-refractivity contribution >= 4 is 11.7 Å². The first-order valence-electron chi connectivity index (χ1n) is 10.2. The molecule has 150 valence electrons. The van der Waals surface area contributed by atoms with Crippen LogP contribution in [-0.4, -0.2) is 36.2 Å². The number of furan rings is 1. The van der Waals surface area contributed by atoms with E-state index in [1.54, 1.807) is 6.26 Å². The number of carbonyl (C=O) groups excluding carboxylic acids is 2. The first-order chi connectivity index (χ1) is 13.5. The van der Waals surface area contributed by atoms with Gasteiger partial charge in [0, 0.05) is 24.9 Å². The quantitative estimate of drug-likeness (QED) is 0.695. The summed E-state index contributed by atoms with van der Waals surface area (Å²) in [6.07, 6.45) is 5.72. The van der Waals surface area contributed by atoms with Gasteiger partial charge in [0.15, 0.2) is 5.78 Å². The van der Waals surface area contributed by atoms with Gasteiger partial charge in [-0.3, -0.25) is 14.5 Å². The number of likely N-dealkylation sites (tertiary alicyclic amines) is 1. The van der Waals surface area contributed by atoms with Gasteiger partial charge in [0.2, 0.25) is 5.91 Å². The van der Waals surface area contributed by atoms with Crippen molar-refractivity contribution in [2.75, 3.05) is 19.6 Å². The number of hydrogen-bond acceptors (Lipinski definition) is 4. The minimum atomic E-state index is -0.0919. The van der Waals surface area contributed by atoms with Gasteiger partial charge in [-0.2, -0.15) is 0 Å². The summed E-state index contributed by atoms with van der Waals surface area (Å²) in [6, 6.07) is 9.60. The van der Waals surface area contributed by atoms with Crippen LogP contribution < -0.4 is 5.32 Å². The van der Waals surface area contributed by atoms with Gasteiger partial charge in [0.05, 0.1) is 12.3 Å². The fourth-order valence-electron chi connectivity index (χ4n) is 3.71. The summed E-state index contributed by atoms with van der Waals surface area (Å²) in [5.41, 5.74) is 2.94. The fourth-order valence-corrected chi connectivity index (χ4v) is 3.71. The van der Waals surface area contributed by atoms with Crippen LogP contribution in [0.2, 0.25) is 0 Å². The van der Waals surface area contributed by atoms with Gasteiger partial charge in [-0.25, -0.2) is 0 Å². The van der Waals surface area contributed by atoms with E-state index in [-0.39, 0.29) is 30.6 Å². The summed E-state index contributed by atoms with van der Waals surface area (Å²) in [5, 5.41) is 3.00. The minimum absolute atomic E-state index is 0.0110. The molecule has 0 saturated carbocycles. The van der Waals surface area contributed by atoms with E-state index in [1.807, 2.05) is 44.2 Å². The molecule has 1 aromatic heterocycles. The number of Topliss-reactive ketones (excluding diaryl/α,β-unsaturated/α-hetero) is 1. The van der Waals surface area contributed by atoms with Crippen molar-refractivity contribution in [2.45, 2.75) is 52.0 Å². The number of carbonyl (C=O) groups is 2. The van der Waals surface area contributed by atoms with E-state index in [1.165, 1.54) is 19.3 Å². The predicted molar refractivity (Wildman–Crippen MR) is 109 cm³/mol. The first kappa shape index (κ1) is 20.3. The summed E-state index contributed by atoms with van der Waals surface area (Å²) in [7, 11) is 0. The number of benzene rings is 1. The molecule has 1 amide bonds. The van der Waals surface area contributed by atoms with Crippen molar-refractivity contribution < 1.29 is 14.0 Å². The second-order valence-electron chi connectivity index (χ2n) is 7.65. The molecule has 1 fully saturated rings. The Kier molecular flexibility index (Phi) is 7.04. The van der Waals surface area contributed by atoms with Crippen molar-refractivity contribution in [1.82, 2.24) is 10.2 Å². The largest absolute Gasteiger partial charge is 0.468 e. The Balaban J connectivity index is 1.51. The van der Waals surface area contributed by atoms with Gasteiger partial charge in [0.25, 0.3) is 0 Å². The lowest BCUT2D eigenvalue weighted by Gasteiger charge is -2.33. The van der Waals surface area contributed by atoms with E-state index in [2.05, 4.69) is 10.2 Å². The molecule has 3 rings (SSSR count). The molecule has 1 aromatic carbocycles. The second-order valence-corrected chi connectivity index (χ2v) is 7.65. The van der Waals surface area contributed by atoms with Crippen LogP contribution in [0.4, 0.5) is 0 Å². The number of nitrogens with one attached hydrogen (secondary N) is 1. The molecule has 1 atom stereocenters. The summed E-state index contributed by atoms with van der Waals surface area (Å²) >= 11 is 0. The molecule has 28 heavy (non-hydrogen) atoms. The summed E-state index contributed by atoms with van der Waals surface area (Å²) in [6.45, 7) is 6.56. The lowest BCUT2D eigenvalue weighted by atomic mass is 10.0. The second kappa shape index (κ2) is 9.69. The van der Waals surface area contributed by atoms with E-state index >= 15 is 0 Å². The third-order valence-electron chi connectivity index (χ3n) is 5.60. The average molecular weight is 383 g/mol. The molecule has 0 spiro atoms. The van der Waals surface area contributed by atoms with Crippen LogP contribution in [0.1, 0.15) is 65.4 Å². The number of rotatable bonds is 8. The summed E-state index contributed by atoms with van der Waals surface area (Å²) in [5.74, 6) is 0.802. The molecule has 5 nitrogen and oxygen atoms in total. The van der Waals surface area contributed by atoms with Crippen LogP contribution in [0, 0.1) is 13.8 Å². The van der Waals surface area contributed by atoms with Crippen molar-refractivity contribution in [3.05, 3.63) is 59.0 Å². The van der Waals surface area contributed by atoms with Crippen LogP contribution in [0.25, 0.3) is 0 Å². The maximum Gasteiger partial charge on any atom is 0.220 e. The van der Waals surface area contributed by atoms with E-state index in [9.17, 15) is 9.59 Å². The Bertz CT molecular complexity index is 792. The van der Waals surface area contributed by atoms with Crippen LogP contribution in [0.5, 0.6) is 0 Å². The molecule has 1 aliphatic rings. The van der Waals surface area contributed by atoms with Crippen LogP contribution in [0.15, 0.2) is 41.0 Å². The van der Waals surface area contributed by atoms with Crippen molar-refractivity contribution in [3.63, 3.8) is 0 Å². The van der Waals surface area contributed by atoms with Crippen LogP contribution >= 0.6 is 0 Å². The lowest BCUT2D eigenvalue weighted by Crippen LogP contribution is -2.40. The molecule has 1 saturated heterocycles. The Labute approximate surface area is 167 Å². The number of ketones is 1. The molecule has 0 aliphatic carbocycles. The number of hydrogen-bond donors (Lipinski definition) is 1. The van der Waals surface area contributed by atoms with Crippen molar-refractivity contribution in [3.8, 4) is 0 Å². The number of nitrogens with zero attached hydrogens (tertiary/aromatic N) is 1. The summed E-state index contributed by atoms with van der Waals surface area (Å²) in [4.78, 5) is 27.1. The molecule has 1 unspecified atom stereocenters. The highest BCUT2D eigenvalue weighted by Crippen LogP contribution is 2.24. The van der Waals surface area contributed by atoms with Gasteiger partial charge in [-0.15, -0.1) is 0 Å². The molecule has 2 aromatic rings. The predicted octanol–water partition coefficient (Wildman–Crippen LogP) is 4.20. The maximum atomic E-state index is 12.4. The molecule has 0 radical (unpaired) electrons. The third kappa shape index (κ3) is 5.32. The third-order valence-corrected chi connectivity index (χ3v) is 5.60. The molecular formula is C23H30N2O3. The average Bonchev–Trinajstić information content (AvgIpc) is 3.23. The standard InChI is InChI=1S/C23H30N2O3/c1-17-8-9-19(15-18(17)2)21(26)10-11-23(27)24-16-20(22-7-6-14-28-22)25-12-4-3-5-13-25/h6-9,14-15,20H,3-5,10-13,16H2,1-2H3,(H,24,27). The molecule has 1 aliphatic heterocycles. The zero-order valence-electron chi connectivity index (χ0n) is 16.9. The van der Waals surface area contributed by atoms with Gasteiger partial charge >= 0.3 is 0 Å². The first-order valence-corrected chi connectivity index (χ1v) is 10.2. The maximum absolute atomic E-state index is 12.4. The SMILES string of the molecule is Cc1ccc(C(=O)CCC(=O)NCC(c2ccco2)N2CCCCC2)cc1C. The molecule has 0 bridgehead atoms. The highest BCUT2D eigenvalue weighted by molar-refractivity contribution is 5.98. The van der Waals surface area contributed by atoms with Gasteiger partial charge in [-0.05, 0) is 69.1 Å². The van der Waals surface area contributed by atoms with E-state index in [4.69, 9.17) is 4.42 Å². The van der Waals surface area contributed by atoms with Crippen LogP contribution in [0.3, 0.4) is 0 Å². The lowest BCUT2D eigenvalue weighted by molar-refractivity contribution is -0.121. The highest BCUT2D eigenvalue weighted by atomic mass is 16.3. The Hall–Kier alpha value is -2.40. The highest BCUT2D eigenvalue weighted by Gasteiger charge is 2.25. The number of amides is 1. The molecule has 1 N–H and O–H groups in total. The Morgan fingerprint density at radius 2 is 1.86 bits per heavy atom. The summed E-state index contributed by atoms with van der Waals surface area (Å²) < 4.78 is 5.61. The smallest absolute Gasteiger partial charge is 0.220 e. The zero-order valence-corrected chi connectivity index (χ0v) is 16.9. The van der Waals surface area contributed by atoms with Crippen molar-refractivity contribution in [2.24, 2.45) is 0 Å². The van der Waals surface area contributed by atoms with Gasteiger partial charge in [0.1, 0.15) is 5.76 Å². The van der Waals surface area contributed by atoms with Crippen LogP contribution in [-0.2, 0) is 4.79 Å². The van der Waals surface area contributed by atoms with Gasteiger partial charge < -0.3 is 9.73 Å². The van der Waals surface area contributed by atoms with Crippen molar-refractivity contribution in [1.29, 1.82) is 0 Å². The molecule has 2 heterocycles. The molecule has 5 heteroatoms. The van der Waals surface area contributed by atoms with E-state index in [0.29, 0.717) is 12.1 Å². The Morgan fingerprint density at radius 3 is 2.54 bits per heavy atom. The minimum Gasteiger partial charge on any atom is -0.468 e. The molecular weight excluding hydrogens is 352 g/mol. The number of aryl methyl sites for hydroxylation is 2. The fraction of sp³-hybridized carbons (Fsp3) is 0.478. The van der Waals surface area contributed by atoms with E-state index in [0.717, 1.165) is 30.0 Å². The monoisotopic (exact) mass is 382 g/mol. The zero-order chi connectivity index (χ0) is 19.9. The number of piperidine rings is 1. The normalized spacial score (nSPS) is 15.9. The van der Waals surface area contributed by atoms with E-state index < -0.39 is 0 Å².